The van der Waals surface area contributed by atoms with E-state index in [4.69, 9.17) is 0 Å². The minimum Gasteiger partial charge on any atom is -0.344 e. The molecule has 0 radical (unpaired) electrons. The fraction of sp³-hybridized carbons (Fsp3) is 0.0714. The number of rotatable bonds is 3. The number of para-hydroxylation sites is 1. The average molecular weight is 373 g/mol. The molecule has 0 N–H and O–H groups in total. The van der Waals surface area contributed by atoms with Crippen LogP contribution in [0.4, 0.5) is 5.69 Å². The second-order valence-corrected chi connectivity index (χ2v) is 7.65. The van der Waals surface area contributed by atoms with Crippen molar-refractivity contribution in [2.75, 3.05) is 11.9 Å². The molecule has 1 heteroatoms. The van der Waals surface area contributed by atoms with Crippen LogP contribution in [0, 0.1) is 6.92 Å². The summed E-state index contributed by atoms with van der Waals surface area (Å²) in [5.41, 5.74) is 4.60. The Kier molecular flexibility index (Phi) is 4.10. The van der Waals surface area contributed by atoms with Crippen molar-refractivity contribution in [2.45, 2.75) is 6.92 Å². The van der Waals surface area contributed by atoms with Gasteiger partial charge >= 0.3 is 0 Å². The van der Waals surface area contributed by atoms with Gasteiger partial charge in [-0.15, -0.1) is 0 Å². The monoisotopic (exact) mass is 373 g/mol. The zero-order valence-electron chi connectivity index (χ0n) is 16.8. The first-order valence-corrected chi connectivity index (χ1v) is 9.97. The summed E-state index contributed by atoms with van der Waals surface area (Å²) < 4.78 is 0. The van der Waals surface area contributed by atoms with Crippen LogP contribution in [-0.4, -0.2) is 7.05 Å². The number of hydrogen-bond donors (Lipinski definition) is 0. The second kappa shape index (κ2) is 6.79. The molecule has 0 heterocycles. The van der Waals surface area contributed by atoms with Gasteiger partial charge in [0, 0.05) is 24.0 Å². The molecule has 0 aliphatic carbocycles. The van der Waals surface area contributed by atoms with Gasteiger partial charge in [0.15, 0.2) is 0 Å². The zero-order chi connectivity index (χ0) is 20.0. The Labute approximate surface area is 171 Å². The van der Waals surface area contributed by atoms with Crippen molar-refractivity contribution in [3.63, 3.8) is 0 Å². The maximum Gasteiger partial charge on any atom is 0.0437 e. The lowest BCUT2D eigenvalue weighted by Crippen LogP contribution is -2.15. The van der Waals surface area contributed by atoms with Crippen LogP contribution < -0.4 is 4.90 Å². The quantitative estimate of drug-likeness (QED) is 0.295. The van der Waals surface area contributed by atoms with Crippen molar-refractivity contribution in [3.8, 4) is 0 Å². The average Bonchev–Trinajstić information content (AvgIpc) is 2.77. The van der Waals surface area contributed by atoms with Gasteiger partial charge in [-0.2, -0.15) is 0 Å². The molecule has 5 aromatic carbocycles. The standard InChI is InChI=1S/C28H23N/c1-19-10-4-9-15-27(19)29(3)20(2)26-18-22-17-16-21-11-5-6-12-23(21)28(22)25-14-8-7-13-24(25)26/h4-18H,2H2,1,3H3. The highest BCUT2D eigenvalue weighted by Crippen LogP contribution is 2.37. The number of benzene rings is 5. The predicted octanol–water partition coefficient (Wildman–Crippen LogP) is 7.56. The van der Waals surface area contributed by atoms with Crippen LogP contribution in [0.3, 0.4) is 0 Å². The molecule has 140 valence electrons. The highest BCUT2D eigenvalue weighted by atomic mass is 15.1. The summed E-state index contributed by atoms with van der Waals surface area (Å²) in [5.74, 6) is 0. The Morgan fingerprint density at radius 3 is 2.10 bits per heavy atom. The molecule has 0 bridgehead atoms. The molecular formula is C28H23N. The summed E-state index contributed by atoms with van der Waals surface area (Å²) in [7, 11) is 2.10. The van der Waals surface area contributed by atoms with E-state index < -0.39 is 0 Å². The van der Waals surface area contributed by atoms with Gasteiger partial charge in [-0.1, -0.05) is 85.4 Å². The summed E-state index contributed by atoms with van der Waals surface area (Å²) in [5, 5.41) is 7.64. The number of anilines is 1. The maximum atomic E-state index is 4.49. The first-order valence-electron chi connectivity index (χ1n) is 9.97. The number of fused-ring (bicyclic) bond motifs is 5. The first kappa shape index (κ1) is 17.5. The zero-order valence-corrected chi connectivity index (χ0v) is 16.8. The lowest BCUT2D eigenvalue weighted by atomic mass is 9.92. The van der Waals surface area contributed by atoms with Crippen LogP contribution in [-0.2, 0) is 0 Å². The van der Waals surface area contributed by atoms with E-state index in [-0.39, 0.29) is 0 Å². The molecule has 0 saturated heterocycles. The summed E-state index contributed by atoms with van der Waals surface area (Å²) in [6.07, 6.45) is 0. The molecule has 5 rings (SSSR count). The molecule has 0 aliphatic heterocycles. The molecule has 0 aromatic heterocycles. The van der Waals surface area contributed by atoms with Gasteiger partial charge in [-0.25, -0.2) is 0 Å². The molecule has 0 spiro atoms. The molecule has 0 amide bonds. The topological polar surface area (TPSA) is 3.24 Å². The van der Waals surface area contributed by atoms with Crippen molar-refractivity contribution in [2.24, 2.45) is 0 Å². The van der Waals surface area contributed by atoms with E-state index in [1.165, 1.54) is 49.1 Å². The Morgan fingerprint density at radius 2 is 1.31 bits per heavy atom. The van der Waals surface area contributed by atoms with E-state index in [9.17, 15) is 0 Å². The predicted molar refractivity (Wildman–Crippen MR) is 128 cm³/mol. The minimum atomic E-state index is 1.01. The molecule has 0 unspecified atom stereocenters. The summed E-state index contributed by atoms with van der Waals surface area (Å²) >= 11 is 0. The Morgan fingerprint density at radius 1 is 0.690 bits per heavy atom. The van der Waals surface area contributed by atoms with Gasteiger partial charge in [0.25, 0.3) is 0 Å². The van der Waals surface area contributed by atoms with Gasteiger partial charge in [-0.05, 0) is 56.9 Å². The molecule has 0 fully saturated rings. The third-order valence-electron chi connectivity index (χ3n) is 5.94. The highest BCUT2D eigenvalue weighted by molar-refractivity contribution is 6.22. The smallest absolute Gasteiger partial charge is 0.0437 e. The Bertz CT molecular complexity index is 1390. The number of aryl methyl sites for hydroxylation is 1. The summed E-state index contributed by atoms with van der Waals surface area (Å²) in [6, 6.07) is 32.5. The Balaban J connectivity index is 1.79. The van der Waals surface area contributed by atoms with Crippen LogP contribution in [0.5, 0.6) is 0 Å². The van der Waals surface area contributed by atoms with Crippen LogP contribution in [0.2, 0.25) is 0 Å². The molecule has 0 saturated carbocycles. The van der Waals surface area contributed by atoms with Crippen molar-refractivity contribution >= 4 is 43.7 Å². The van der Waals surface area contributed by atoms with Gasteiger partial charge in [0.2, 0.25) is 0 Å². The lowest BCUT2D eigenvalue weighted by molar-refractivity contribution is 1.20. The lowest BCUT2D eigenvalue weighted by Gasteiger charge is -2.25. The molecule has 1 nitrogen and oxygen atoms in total. The van der Waals surface area contributed by atoms with E-state index in [2.05, 4.69) is 116 Å². The SMILES string of the molecule is C=C(c1cc2ccc3ccccc3c2c2ccccc12)N(C)c1ccccc1C. The maximum absolute atomic E-state index is 4.49. The van der Waals surface area contributed by atoms with Crippen molar-refractivity contribution in [3.05, 3.63) is 109 Å². The normalized spacial score (nSPS) is 11.2. The second-order valence-electron chi connectivity index (χ2n) is 7.65. The van der Waals surface area contributed by atoms with E-state index in [1.807, 2.05) is 0 Å². The molecule has 0 aliphatic rings. The van der Waals surface area contributed by atoms with Gasteiger partial charge < -0.3 is 4.90 Å². The minimum absolute atomic E-state index is 1.01. The first-order chi connectivity index (χ1) is 14.1. The van der Waals surface area contributed by atoms with Crippen molar-refractivity contribution in [1.82, 2.24) is 0 Å². The fourth-order valence-corrected chi connectivity index (χ4v) is 4.38. The number of hydrogen-bond acceptors (Lipinski definition) is 1. The van der Waals surface area contributed by atoms with E-state index in [0.717, 1.165) is 5.70 Å². The molecule has 5 aromatic rings. The third-order valence-corrected chi connectivity index (χ3v) is 5.94. The largest absolute Gasteiger partial charge is 0.344 e. The van der Waals surface area contributed by atoms with Crippen molar-refractivity contribution < 1.29 is 0 Å². The van der Waals surface area contributed by atoms with Gasteiger partial charge in [-0.3, -0.25) is 0 Å². The molecule has 29 heavy (non-hydrogen) atoms. The Hall–Kier alpha value is -3.58. The van der Waals surface area contributed by atoms with Crippen LogP contribution >= 0.6 is 0 Å². The number of nitrogens with zero attached hydrogens (tertiary/aromatic N) is 1. The van der Waals surface area contributed by atoms with Gasteiger partial charge in [0.1, 0.15) is 0 Å². The third kappa shape index (κ3) is 2.78. The summed E-state index contributed by atoms with van der Waals surface area (Å²) in [6.45, 7) is 6.63. The van der Waals surface area contributed by atoms with Gasteiger partial charge in [0.05, 0.1) is 0 Å². The summed E-state index contributed by atoms with van der Waals surface area (Å²) in [4.78, 5) is 2.20. The van der Waals surface area contributed by atoms with Crippen LogP contribution in [0.25, 0.3) is 38.0 Å². The molecule has 0 atom stereocenters. The van der Waals surface area contributed by atoms with E-state index in [1.54, 1.807) is 0 Å². The van der Waals surface area contributed by atoms with Crippen LogP contribution in [0.1, 0.15) is 11.1 Å². The van der Waals surface area contributed by atoms with E-state index >= 15 is 0 Å². The fourth-order valence-electron chi connectivity index (χ4n) is 4.38. The van der Waals surface area contributed by atoms with Crippen LogP contribution in [0.15, 0.2) is 97.6 Å². The van der Waals surface area contributed by atoms with Crippen molar-refractivity contribution in [1.29, 1.82) is 0 Å². The highest BCUT2D eigenvalue weighted by Gasteiger charge is 2.15. The van der Waals surface area contributed by atoms with E-state index in [0.29, 0.717) is 0 Å². The molecular weight excluding hydrogens is 350 g/mol.